The molecule has 88 valence electrons. The molecule has 0 saturated heterocycles. The highest BCUT2D eigenvalue weighted by Crippen LogP contribution is 2.21. The Hall–Kier alpha value is -0.570. The lowest BCUT2D eigenvalue weighted by atomic mass is 10.1. The van der Waals surface area contributed by atoms with Crippen molar-refractivity contribution in [1.82, 2.24) is 4.90 Å². The third-order valence-electron chi connectivity index (χ3n) is 2.50. The van der Waals surface area contributed by atoms with E-state index in [-0.39, 0.29) is 5.78 Å². The second-order valence-corrected chi connectivity index (χ2v) is 4.90. The molecule has 0 unspecified atom stereocenters. The quantitative estimate of drug-likeness (QED) is 0.772. The predicted octanol–water partition coefficient (Wildman–Crippen LogP) is 3.52. The molecule has 4 heteroatoms. The Labute approximate surface area is 106 Å². The molecular weight excluding hydrogens is 245 g/mol. The van der Waals surface area contributed by atoms with Crippen LogP contribution in [0, 0.1) is 0 Å². The number of hydrogen-bond donors (Lipinski definition) is 0. The first-order valence-corrected chi connectivity index (χ1v) is 5.86. The number of Topliss-reactive ketones (excluding diaryl/α,β-unsaturated/α-hetero) is 1. The van der Waals surface area contributed by atoms with Crippen molar-refractivity contribution in [3.63, 3.8) is 0 Å². The van der Waals surface area contributed by atoms with Crippen molar-refractivity contribution in [2.45, 2.75) is 19.9 Å². The summed E-state index contributed by atoms with van der Waals surface area (Å²) >= 11 is 11.8. The molecule has 2 nitrogen and oxygen atoms in total. The molecule has 1 rings (SSSR count). The highest BCUT2D eigenvalue weighted by Gasteiger charge is 2.14. The van der Waals surface area contributed by atoms with Gasteiger partial charge in [0.05, 0.1) is 11.6 Å². The predicted molar refractivity (Wildman–Crippen MR) is 68.6 cm³/mol. The van der Waals surface area contributed by atoms with E-state index in [4.69, 9.17) is 23.2 Å². The first-order chi connectivity index (χ1) is 7.41. The standard InChI is InChI=1S/C12H15Cl2NO/c1-8(2)15(3)7-12(16)10-6-9(13)4-5-11(10)14/h4-6,8H,7H2,1-3H3. The zero-order valence-electron chi connectivity index (χ0n) is 9.63. The maximum atomic E-state index is 11.9. The molecule has 16 heavy (non-hydrogen) atoms. The van der Waals surface area contributed by atoms with E-state index in [0.29, 0.717) is 28.2 Å². The average molecular weight is 260 g/mol. The van der Waals surface area contributed by atoms with Gasteiger partial charge in [-0.2, -0.15) is 0 Å². The largest absolute Gasteiger partial charge is 0.296 e. The van der Waals surface area contributed by atoms with Crippen LogP contribution in [0.15, 0.2) is 18.2 Å². The third kappa shape index (κ3) is 3.48. The molecule has 0 spiro atoms. The molecule has 0 heterocycles. The van der Waals surface area contributed by atoms with Crippen molar-refractivity contribution < 1.29 is 4.79 Å². The van der Waals surface area contributed by atoms with E-state index in [2.05, 4.69) is 0 Å². The zero-order chi connectivity index (χ0) is 12.3. The van der Waals surface area contributed by atoms with Crippen LogP contribution in [0.5, 0.6) is 0 Å². The van der Waals surface area contributed by atoms with E-state index in [1.54, 1.807) is 18.2 Å². The van der Waals surface area contributed by atoms with Gasteiger partial charge in [-0.25, -0.2) is 0 Å². The topological polar surface area (TPSA) is 20.3 Å². The van der Waals surface area contributed by atoms with Gasteiger partial charge >= 0.3 is 0 Å². The molecule has 0 radical (unpaired) electrons. The fraction of sp³-hybridized carbons (Fsp3) is 0.417. The van der Waals surface area contributed by atoms with Crippen LogP contribution in [0.1, 0.15) is 24.2 Å². The number of rotatable bonds is 4. The number of carbonyl (C=O) groups excluding carboxylic acids is 1. The van der Waals surface area contributed by atoms with Crippen molar-refractivity contribution in [2.75, 3.05) is 13.6 Å². The van der Waals surface area contributed by atoms with Crippen LogP contribution in [-0.2, 0) is 0 Å². The van der Waals surface area contributed by atoms with Gasteiger partial charge in [0, 0.05) is 16.6 Å². The Morgan fingerprint density at radius 2 is 2.00 bits per heavy atom. The summed E-state index contributed by atoms with van der Waals surface area (Å²) in [6, 6.07) is 5.25. The first-order valence-electron chi connectivity index (χ1n) is 5.10. The fourth-order valence-corrected chi connectivity index (χ4v) is 1.60. The summed E-state index contributed by atoms with van der Waals surface area (Å²) in [5.41, 5.74) is 0.488. The summed E-state index contributed by atoms with van der Waals surface area (Å²) in [7, 11) is 1.90. The average Bonchev–Trinajstić information content (AvgIpc) is 2.21. The lowest BCUT2D eigenvalue weighted by Gasteiger charge is -2.20. The molecular formula is C12H15Cl2NO. The number of carbonyl (C=O) groups is 1. The van der Waals surface area contributed by atoms with Crippen LogP contribution in [-0.4, -0.2) is 30.3 Å². The molecule has 0 aliphatic rings. The highest BCUT2D eigenvalue weighted by molar-refractivity contribution is 6.36. The van der Waals surface area contributed by atoms with E-state index in [9.17, 15) is 4.79 Å². The minimum Gasteiger partial charge on any atom is -0.296 e. The van der Waals surface area contributed by atoms with Crippen molar-refractivity contribution in [3.05, 3.63) is 33.8 Å². The van der Waals surface area contributed by atoms with Gasteiger partial charge in [0.25, 0.3) is 0 Å². The Balaban J connectivity index is 2.84. The lowest BCUT2D eigenvalue weighted by Crippen LogP contribution is -2.32. The van der Waals surface area contributed by atoms with Crippen LogP contribution in [0.4, 0.5) is 0 Å². The van der Waals surface area contributed by atoms with Crippen LogP contribution in [0.25, 0.3) is 0 Å². The van der Waals surface area contributed by atoms with Crippen molar-refractivity contribution >= 4 is 29.0 Å². The molecule has 0 aliphatic carbocycles. The van der Waals surface area contributed by atoms with Crippen LogP contribution < -0.4 is 0 Å². The van der Waals surface area contributed by atoms with E-state index in [0.717, 1.165) is 0 Å². The maximum absolute atomic E-state index is 11.9. The zero-order valence-corrected chi connectivity index (χ0v) is 11.1. The molecule has 0 fully saturated rings. The summed E-state index contributed by atoms with van der Waals surface area (Å²) in [6.07, 6.45) is 0. The highest BCUT2D eigenvalue weighted by atomic mass is 35.5. The summed E-state index contributed by atoms with van der Waals surface area (Å²) < 4.78 is 0. The number of hydrogen-bond acceptors (Lipinski definition) is 2. The molecule has 0 atom stereocenters. The van der Waals surface area contributed by atoms with Crippen LogP contribution in [0.2, 0.25) is 10.0 Å². The van der Waals surface area contributed by atoms with Gasteiger partial charge in [-0.15, -0.1) is 0 Å². The molecule has 1 aromatic carbocycles. The Bertz CT molecular complexity index is 391. The van der Waals surface area contributed by atoms with E-state index in [1.807, 2.05) is 25.8 Å². The normalized spacial score (nSPS) is 11.2. The van der Waals surface area contributed by atoms with Gasteiger partial charge in [-0.3, -0.25) is 9.69 Å². The Morgan fingerprint density at radius 3 is 2.56 bits per heavy atom. The number of likely N-dealkylation sites (N-methyl/N-ethyl adjacent to an activating group) is 1. The first kappa shape index (κ1) is 13.5. The SMILES string of the molecule is CC(C)N(C)CC(=O)c1cc(Cl)ccc1Cl. The van der Waals surface area contributed by atoms with Gasteiger partial charge in [-0.05, 0) is 39.1 Å². The summed E-state index contributed by atoms with van der Waals surface area (Å²) in [5.74, 6) is -0.0105. The minimum absolute atomic E-state index is 0.0105. The van der Waals surface area contributed by atoms with Gasteiger partial charge in [0.2, 0.25) is 0 Å². The molecule has 0 bridgehead atoms. The molecule has 1 aromatic rings. The van der Waals surface area contributed by atoms with Crippen molar-refractivity contribution in [2.24, 2.45) is 0 Å². The summed E-state index contributed by atoms with van der Waals surface area (Å²) in [5, 5.41) is 0.978. The number of halogens is 2. The molecule has 0 aromatic heterocycles. The Kier molecular flexibility index (Phi) is 4.78. The van der Waals surface area contributed by atoms with Crippen LogP contribution in [0.3, 0.4) is 0 Å². The van der Waals surface area contributed by atoms with Gasteiger partial charge in [-0.1, -0.05) is 23.2 Å². The second kappa shape index (κ2) is 5.67. The van der Waals surface area contributed by atoms with E-state index >= 15 is 0 Å². The molecule has 0 aliphatic heterocycles. The minimum atomic E-state index is -0.0105. The molecule has 0 saturated carbocycles. The summed E-state index contributed by atoms with van der Waals surface area (Å²) in [6.45, 7) is 4.41. The van der Waals surface area contributed by atoms with Crippen molar-refractivity contribution in [3.8, 4) is 0 Å². The fourth-order valence-electron chi connectivity index (χ4n) is 1.21. The smallest absolute Gasteiger partial charge is 0.178 e. The Morgan fingerprint density at radius 1 is 1.38 bits per heavy atom. The van der Waals surface area contributed by atoms with Gasteiger partial charge in [0.1, 0.15) is 0 Å². The van der Waals surface area contributed by atoms with E-state index in [1.165, 1.54) is 0 Å². The summed E-state index contributed by atoms with van der Waals surface area (Å²) in [4.78, 5) is 13.9. The maximum Gasteiger partial charge on any atom is 0.178 e. The van der Waals surface area contributed by atoms with E-state index < -0.39 is 0 Å². The van der Waals surface area contributed by atoms with Gasteiger partial charge < -0.3 is 0 Å². The monoisotopic (exact) mass is 259 g/mol. The third-order valence-corrected chi connectivity index (χ3v) is 3.07. The number of ketones is 1. The molecule has 0 N–H and O–H groups in total. The van der Waals surface area contributed by atoms with Crippen LogP contribution >= 0.6 is 23.2 Å². The second-order valence-electron chi connectivity index (χ2n) is 4.06. The number of benzene rings is 1. The lowest BCUT2D eigenvalue weighted by molar-refractivity contribution is 0.0929. The van der Waals surface area contributed by atoms with Gasteiger partial charge in [0.15, 0.2) is 5.78 Å². The number of nitrogens with zero attached hydrogens (tertiary/aromatic N) is 1. The van der Waals surface area contributed by atoms with Crippen molar-refractivity contribution in [1.29, 1.82) is 0 Å². The molecule has 0 amide bonds.